The van der Waals surface area contributed by atoms with Gasteiger partial charge in [-0.2, -0.15) is 3.97 Å². The van der Waals surface area contributed by atoms with Gasteiger partial charge in [-0.05, 0) is 39.8 Å². The fourth-order valence-corrected chi connectivity index (χ4v) is 2.27. The van der Waals surface area contributed by atoms with Crippen LogP contribution in [0.1, 0.15) is 26.3 Å². The molecule has 3 heteroatoms. The van der Waals surface area contributed by atoms with E-state index in [1.54, 1.807) is 11.9 Å². The van der Waals surface area contributed by atoms with E-state index in [4.69, 9.17) is 0 Å². The maximum absolute atomic E-state index is 2.22. The van der Waals surface area contributed by atoms with Crippen molar-refractivity contribution in [3.8, 4) is 0 Å². The maximum Gasteiger partial charge on any atom is 0.256 e. The number of hydrogen-bond acceptors (Lipinski definition) is 1. The molecule has 1 aromatic carbocycles. The molecule has 0 aliphatic heterocycles. The first-order valence-electron chi connectivity index (χ1n) is 5.80. The summed E-state index contributed by atoms with van der Waals surface area (Å²) in [5.41, 5.74) is 1.44. The molecule has 0 aliphatic carbocycles. The topological polar surface area (TPSA) is 8.81 Å². The highest BCUT2D eigenvalue weighted by atomic mass is 32.2. The van der Waals surface area contributed by atoms with Gasteiger partial charge >= 0.3 is 0 Å². The number of aromatic nitrogens is 2. The lowest BCUT2D eigenvalue weighted by molar-refractivity contribution is -0.753. The van der Waals surface area contributed by atoms with Gasteiger partial charge in [-0.15, -0.1) is 0 Å². The molecule has 1 heterocycles. The van der Waals surface area contributed by atoms with E-state index in [1.165, 1.54) is 10.5 Å². The lowest BCUT2D eigenvalue weighted by Gasteiger charge is -2.13. The van der Waals surface area contributed by atoms with Gasteiger partial charge in [0.15, 0.2) is 0 Å². The molecule has 2 aromatic rings. The molecule has 0 saturated carbocycles. The predicted octanol–water partition coefficient (Wildman–Crippen LogP) is 3.39. The molecule has 0 amide bonds. The summed E-state index contributed by atoms with van der Waals surface area (Å²) >= 11 is 1.73. The van der Waals surface area contributed by atoms with E-state index < -0.39 is 0 Å². The summed E-state index contributed by atoms with van der Waals surface area (Å²) in [6, 6.07) is 8.59. The van der Waals surface area contributed by atoms with Crippen molar-refractivity contribution >= 4 is 11.9 Å². The highest BCUT2D eigenvalue weighted by molar-refractivity contribution is 7.97. The monoisotopic (exact) mass is 247 g/mol. The van der Waals surface area contributed by atoms with Crippen molar-refractivity contribution in [1.29, 1.82) is 0 Å². The quantitative estimate of drug-likeness (QED) is 0.739. The first-order chi connectivity index (χ1) is 7.95. The Bertz CT molecular complexity index is 492. The van der Waals surface area contributed by atoms with Crippen LogP contribution in [-0.4, -0.2) is 3.97 Å². The van der Waals surface area contributed by atoms with Crippen LogP contribution in [0.4, 0.5) is 0 Å². The minimum Gasteiger partial charge on any atom is -0.231 e. The molecule has 0 bridgehead atoms. The van der Waals surface area contributed by atoms with Crippen LogP contribution in [0.2, 0.25) is 0 Å². The van der Waals surface area contributed by atoms with Crippen LogP contribution < -0.4 is 4.57 Å². The van der Waals surface area contributed by atoms with Gasteiger partial charge < -0.3 is 0 Å². The second kappa shape index (κ2) is 4.57. The molecule has 0 radical (unpaired) electrons. The minimum atomic E-state index is 0.138. The zero-order valence-corrected chi connectivity index (χ0v) is 11.7. The fourth-order valence-electron chi connectivity index (χ4n) is 1.51. The van der Waals surface area contributed by atoms with Crippen LogP contribution in [0.3, 0.4) is 0 Å². The Hall–Kier alpha value is -1.22. The molecule has 2 rings (SSSR count). The second-order valence-electron chi connectivity index (χ2n) is 5.26. The third-order valence-electron chi connectivity index (χ3n) is 2.62. The van der Waals surface area contributed by atoms with Gasteiger partial charge in [-0.1, -0.05) is 17.7 Å². The first-order valence-corrected chi connectivity index (χ1v) is 6.57. The number of rotatable bonds is 2. The molecule has 0 atom stereocenters. The van der Waals surface area contributed by atoms with Crippen LogP contribution >= 0.6 is 11.9 Å². The molecule has 90 valence electrons. The summed E-state index contributed by atoms with van der Waals surface area (Å²) in [7, 11) is 0. The molecule has 0 unspecified atom stereocenters. The average molecular weight is 247 g/mol. The van der Waals surface area contributed by atoms with Crippen LogP contribution in [0.25, 0.3) is 0 Å². The lowest BCUT2D eigenvalue weighted by atomic mass is 10.1. The summed E-state index contributed by atoms with van der Waals surface area (Å²) in [5, 5.41) is 0. The number of benzene rings is 1. The molecule has 0 aliphatic rings. The Morgan fingerprint density at radius 2 is 1.76 bits per heavy atom. The lowest BCUT2D eigenvalue weighted by Crippen LogP contribution is -2.48. The van der Waals surface area contributed by atoms with Gasteiger partial charge in [0.2, 0.25) is 0 Å². The summed E-state index contributed by atoms with van der Waals surface area (Å²) in [6.45, 7) is 8.72. The van der Waals surface area contributed by atoms with Gasteiger partial charge in [0.25, 0.3) is 6.33 Å². The highest BCUT2D eigenvalue weighted by Gasteiger charge is 2.19. The van der Waals surface area contributed by atoms with Crippen molar-refractivity contribution in [2.45, 2.75) is 38.1 Å². The number of aryl methyl sites for hydroxylation is 1. The van der Waals surface area contributed by atoms with E-state index in [2.05, 4.69) is 79.2 Å². The molecule has 0 fully saturated rings. The van der Waals surface area contributed by atoms with Crippen LogP contribution in [0.5, 0.6) is 0 Å². The molecular formula is C14H19N2S+. The molecule has 0 spiro atoms. The highest BCUT2D eigenvalue weighted by Crippen LogP contribution is 2.20. The number of nitrogens with zero attached hydrogens (tertiary/aromatic N) is 2. The van der Waals surface area contributed by atoms with Gasteiger partial charge in [0, 0.05) is 0 Å². The van der Waals surface area contributed by atoms with Crippen molar-refractivity contribution in [3.05, 3.63) is 48.5 Å². The Morgan fingerprint density at radius 3 is 2.29 bits per heavy atom. The third-order valence-corrected chi connectivity index (χ3v) is 3.53. The molecular weight excluding hydrogens is 228 g/mol. The largest absolute Gasteiger partial charge is 0.256 e. The zero-order valence-electron chi connectivity index (χ0n) is 10.8. The van der Waals surface area contributed by atoms with E-state index in [9.17, 15) is 0 Å². The Morgan fingerprint density at radius 1 is 1.12 bits per heavy atom. The van der Waals surface area contributed by atoms with Crippen LogP contribution in [0, 0.1) is 6.92 Å². The third kappa shape index (κ3) is 3.13. The van der Waals surface area contributed by atoms with Gasteiger partial charge in [-0.25, -0.2) is 4.57 Å². The predicted molar refractivity (Wildman–Crippen MR) is 72.1 cm³/mol. The van der Waals surface area contributed by atoms with Crippen molar-refractivity contribution in [1.82, 2.24) is 3.97 Å². The van der Waals surface area contributed by atoms with Crippen molar-refractivity contribution < 1.29 is 4.57 Å². The minimum absolute atomic E-state index is 0.138. The number of hydrogen-bond donors (Lipinski definition) is 0. The van der Waals surface area contributed by atoms with Crippen molar-refractivity contribution in [3.63, 3.8) is 0 Å². The fraction of sp³-hybridized carbons (Fsp3) is 0.357. The van der Waals surface area contributed by atoms with E-state index in [1.807, 2.05) is 0 Å². The zero-order chi connectivity index (χ0) is 12.5. The van der Waals surface area contributed by atoms with Crippen LogP contribution in [-0.2, 0) is 5.54 Å². The SMILES string of the molecule is Cc1ccc(Sn2cc[n+](C(C)(C)C)c2)cc1. The molecule has 2 nitrogen and oxygen atoms in total. The van der Waals surface area contributed by atoms with Gasteiger partial charge in [0.1, 0.15) is 17.9 Å². The van der Waals surface area contributed by atoms with E-state index in [0.29, 0.717) is 0 Å². The van der Waals surface area contributed by atoms with Crippen LogP contribution in [0.15, 0.2) is 47.9 Å². The normalized spacial score (nSPS) is 11.8. The van der Waals surface area contributed by atoms with Crippen molar-refractivity contribution in [2.24, 2.45) is 0 Å². The summed E-state index contributed by atoms with van der Waals surface area (Å²) in [6.07, 6.45) is 6.33. The average Bonchev–Trinajstić information content (AvgIpc) is 2.69. The smallest absolute Gasteiger partial charge is 0.231 e. The molecule has 17 heavy (non-hydrogen) atoms. The summed E-state index contributed by atoms with van der Waals surface area (Å²) < 4.78 is 4.35. The van der Waals surface area contributed by atoms with Crippen molar-refractivity contribution in [2.75, 3.05) is 0 Å². The van der Waals surface area contributed by atoms with E-state index in [-0.39, 0.29) is 5.54 Å². The molecule has 0 N–H and O–H groups in total. The Labute approximate surface area is 107 Å². The van der Waals surface area contributed by atoms with Gasteiger partial charge in [0.05, 0.1) is 16.8 Å². The van der Waals surface area contributed by atoms with E-state index in [0.717, 1.165) is 0 Å². The Kier molecular flexibility index (Phi) is 3.29. The number of imidazole rings is 1. The maximum atomic E-state index is 2.22. The summed E-state index contributed by atoms with van der Waals surface area (Å²) in [4.78, 5) is 1.26. The van der Waals surface area contributed by atoms with Gasteiger partial charge in [-0.3, -0.25) is 0 Å². The molecule has 0 saturated heterocycles. The summed E-state index contributed by atoms with van der Waals surface area (Å²) in [5.74, 6) is 0. The van der Waals surface area contributed by atoms with E-state index >= 15 is 0 Å². The molecule has 1 aromatic heterocycles. The second-order valence-corrected chi connectivity index (χ2v) is 6.33. The standard InChI is InChI=1S/C14H19N2S/c1-12-5-7-13(8-6-12)17-16-10-9-15(11-16)14(2,3)4/h5-11H,1-4H3/q+1. The Balaban J connectivity index is 2.14. The first kappa shape index (κ1) is 12.2.